The van der Waals surface area contributed by atoms with E-state index in [1.807, 2.05) is 76.2 Å². The van der Waals surface area contributed by atoms with Gasteiger partial charge >= 0.3 is 0 Å². The van der Waals surface area contributed by atoms with Crippen LogP contribution in [0.1, 0.15) is 37.5 Å². The molecule has 0 saturated heterocycles. The van der Waals surface area contributed by atoms with Crippen molar-refractivity contribution in [2.24, 2.45) is 0 Å². The molecule has 0 fully saturated rings. The van der Waals surface area contributed by atoms with Crippen molar-refractivity contribution in [2.45, 2.75) is 53.2 Å². The van der Waals surface area contributed by atoms with Crippen molar-refractivity contribution < 1.29 is 14.3 Å². The van der Waals surface area contributed by atoms with Crippen molar-refractivity contribution in [3.05, 3.63) is 65.2 Å². The molecule has 28 heavy (non-hydrogen) atoms. The highest BCUT2D eigenvalue weighted by molar-refractivity contribution is 5.88. The highest BCUT2D eigenvalue weighted by Crippen LogP contribution is 2.21. The number of nitrogens with zero attached hydrogens (tertiary/aromatic N) is 1. The van der Waals surface area contributed by atoms with Gasteiger partial charge in [-0.15, -0.1) is 0 Å². The van der Waals surface area contributed by atoms with Crippen LogP contribution >= 0.6 is 0 Å². The quantitative estimate of drug-likeness (QED) is 0.759. The molecule has 0 aliphatic rings. The molecule has 2 amide bonds. The third kappa shape index (κ3) is 5.84. The minimum absolute atomic E-state index is 0.00909. The normalized spacial score (nSPS) is 11.8. The van der Waals surface area contributed by atoms with Crippen LogP contribution in [-0.4, -0.2) is 35.4 Å². The summed E-state index contributed by atoms with van der Waals surface area (Å²) in [6.07, 6.45) is 0. The number of aryl methyl sites for hydroxylation is 1. The van der Waals surface area contributed by atoms with Gasteiger partial charge in [-0.1, -0.05) is 42.5 Å². The van der Waals surface area contributed by atoms with Crippen molar-refractivity contribution in [3.63, 3.8) is 0 Å². The molecule has 2 aromatic rings. The van der Waals surface area contributed by atoms with E-state index < -0.39 is 6.04 Å². The molecule has 150 valence electrons. The summed E-state index contributed by atoms with van der Waals surface area (Å²) in [7, 11) is 0. The molecule has 0 aromatic heterocycles. The highest BCUT2D eigenvalue weighted by Gasteiger charge is 2.27. The maximum absolute atomic E-state index is 13.0. The molecule has 2 rings (SSSR count). The van der Waals surface area contributed by atoms with Crippen LogP contribution < -0.4 is 10.1 Å². The van der Waals surface area contributed by atoms with Crippen molar-refractivity contribution in [1.82, 2.24) is 10.2 Å². The molecule has 0 unspecified atom stereocenters. The van der Waals surface area contributed by atoms with Crippen LogP contribution in [0, 0.1) is 13.8 Å². The Balaban J connectivity index is 2.15. The number of amides is 2. The van der Waals surface area contributed by atoms with Gasteiger partial charge in [-0.05, 0) is 57.4 Å². The van der Waals surface area contributed by atoms with E-state index in [0.717, 1.165) is 16.7 Å². The van der Waals surface area contributed by atoms with Gasteiger partial charge in [-0.25, -0.2) is 0 Å². The van der Waals surface area contributed by atoms with E-state index in [1.54, 1.807) is 11.8 Å². The molecule has 2 aromatic carbocycles. The van der Waals surface area contributed by atoms with Crippen LogP contribution in [0.4, 0.5) is 0 Å². The Hall–Kier alpha value is -2.82. The molecule has 5 nitrogen and oxygen atoms in total. The molecule has 0 heterocycles. The van der Waals surface area contributed by atoms with E-state index in [-0.39, 0.29) is 24.5 Å². The second-order valence-electron chi connectivity index (χ2n) is 7.33. The molecule has 0 aliphatic heterocycles. The van der Waals surface area contributed by atoms with Crippen molar-refractivity contribution in [3.8, 4) is 5.75 Å². The summed E-state index contributed by atoms with van der Waals surface area (Å²) in [6.45, 7) is 9.75. The van der Waals surface area contributed by atoms with Gasteiger partial charge in [-0.2, -0.15) is 0 Å². The molecule has 0 spiro atoms. The molecular formula is C23H30N2O3. The molecular weight excluding hydrogens is 352 g/mol. The minimum Gasteiger partial charge on any atom is -0.483 e. The van der Waals surface area contributed by atoms with Crippen LogP contribution in [0.25, 0.3) is 0 Å². The SMILES string of the molecule is Cc1cccc(OCC(=O)N(Cc2ccccc2)[C@H](C)C(=O)NC(C)C)c1C. The summed E-state index contributed by atoms with van der Waals surface area (Å²) in [5, 5.41) is 2.88. The lowest BCUT2D eigenvalue weighted by molar-refractivity contribution is -0.142. The second kappa shape index (κ2) is 9.93. The van der Waals surface area contributed by atoms with E-state index in [4.69, 9.17) is 4.74 Å². The summed E-state index contributed by atoms with van der Waals surface area (Å²) in [5.74, 6) is 0.287. The fourth-order valence-corrected chi connectivity index (χ4v) is 2.87. The first-order valence-electron chi connectivity index (χ1n) is 9.62. The van der Waals surface area contributed by atoms with E-state index in [0.29, 0.717) is 12.3 Å². The lowest BCUT2D eigenvalue weighted by Gasteiger charge is -2.29. The van der Waals surface area contributed by atoms with Crippen LogP contribution in [-0.2, 0) is 16.1 Å². The average Bonchev–Trinajstić information content (AvgIpc) is 2.66. The zero-order valence-corrected chi connectivity index (χ0v) is 17.4. The van der Waals surface area contributed by atoms with E-state index in [2.05, 4.69) is 5.32 Å². The second-order valence-corrected chi connectivity index (χ2v) is 7.33. The van der Waals surface area contributed by atoms with Crippen LogP contribution in [0.2, 0.25) is 0 Å². The molecule has 1 atom stereocenters. The number of hydrogen-bond donors (Lipinski definition) is 1. The van der Waals surface area contributed by atoms with Gasteiger partial charge in [0.05, 0.1) is 0 Å². The monoisotopic (exact) mass is 382 g/mol. The zero-order valence-electron chi connectivity index (χ0n) is 17.4. The Labute approximate surface area is 167 Å². The lowest BCUT2D eigenvalue weighted by Crippen LogP contribution is -2.50. The molecule has 5 heteroatoms. The van der Waals surface area contributed by atoms with Gasteiger partial charge < -0.3 is 15.0 Å². The van der Waals surface area contributed by atoms with Gasteiger partial charge in [0.25, 0.3) is 5.91 Å². The van der Waals surface area contributed by atoms with Gasteiger partial charge in [0.15, 0.2) is 6.61 Å². The number of hydrogen-bond acceptors (Lipinski definition) is 3. The Morgan fingerprint density at radius 3 is 2.32 bits per heavy atom. The topological polar surface area (TPSA) is 58.6 Å². The lowest BCUT2D eigenvalue weighted by atomic mass is 10.1. The number of ether oxygens (including phenoxy) is 1. The fraction of sp³-hybridized carbons (Fsp3) is 0.391. The summed E-state index contributed by atoms with van der Waals surface area (Å²) in [5.41, 5.74) is 3.08. The Morgan fingerprint density at radius 2 is 1.68 bits per heavy atom. The maximum Gasteiger partial charge on any atom is 0.261 e. The Kier molecular flexibility index (Phi) is 7.61. The zero-order chi connectivity index (χ0) is 20.7. The number of nitrogens with one attached hydrogen (secondary N) is 1. The average molecular weight is 383 g/mol. The van der Waals surface area contributed by atoms with Gasteiger partial charge in [0, 0.05) is 12.6 Å². The van der Waals surface area contributed by atoms with Gasteiger partial charge in [-0.3, -0.25) is 9.59 Å². The Bertz CT molecular complexity index is 803. The summed E-state index contributed by atoms with van der Waals surface area (Å²) < 4.78 is 5.79. The largest absolute Gasteiger partial charge is 0.483 e. The van der Waals surface area contributed by atoms with Gasteiger partial charge in [0.2, 0.25) is 5.91 Å². The van der Waals surface area contributed by atoms with Gasteiger partial charge in [0.1, 0.15) is 11.8 Å². The number of carbonyl (C=O) groups is 2. The minimum atomic E-state index is -0.600. The molecule has 0 bridgehead atoms. The predicted molar refractivity (Wildman–Crippen MR) is 111 cm³/mol. The smallest absolute Gasteiger partial charge is 0.261 e. The van der Waals surface area contributed by atoms with Crippen molar-refractivity contribution >= 4 is 11.8 Å². The van der Waals surface area contributed by atoms with Crippen molar-refractivity contribution in [1.29, 1.82) is 0 Å². The molecule has 1 N–H and O–H groups in total. The first-order valence-corrected chi connectivity index (χ1v) is 9.62. The van der Waals surface area contributed by atoms with Crippen LogP contribution in [0.15, 0.2) is 48.5 Å². The highest BCUT2D eigenvalue weighted by atomic mass is 16.5. The molecule has 0 aliphatic carbocycles. The fourth-order valence-electron chi connectivity index (χ4n) is 2.87. The standard InChI is InChI=1S/C23H30N2O3/c1-16(2)24-23(27)19(5)25(14-20-11-7-6-8-12-20)22(26)15-28-21-13-9-10-17(3)18(21)4/h6-13,16,19H,14-15H2,1-5H3,(H,24,27)/t19-/m1/s1. The summed E-state index contributed by atoms with van der Waals surface area (Å²) in [6, 6.07) is 14.8. The summed E-state index contributed by atoms with van der Waals surface area (Å²) >= 11 is 0. The van der Waals surface area contributed by atoms with E-state index >= 15 is 0 Å². The number of rotatable bonds is 8. The van der Waals surface area contributed by atoms with Crippen molar-refractivity contribution in [2.75, 3.05) is 6.61 Å². The van der Waals surface area contributed by atoms with Crippen LogP contribution in [0.5, 0.6) is 5.75 Å². The number of carbonyl (C=O) groups excluding carboxylic acids is 2. The first kappa shape index (κ1) is 21.5. The molecule has 0 radical (unpaired) electrons. The first-order chi connectivity index (χ1) is 13.3. The third-order valence-corrected chi connectivity index (χ3v) is 4.70. The van der Waals surface area contributed by atoms with E-state index in [9.17, 15) is 9.59 Å². The Morgan fingerprint density at radius 1 is 1.00 bits per heavy atom. The summed E-state index contributed by atoms with van der Waals surface area (Å²) in [4.78, 5) is 27.1. The molecule has 0 saturated carbocycles. The maximum atomic E-state index is 13.0. The number of benzene rings is 2. The predicted octanol–water partition coefficient (Wildman–Crippen LogP) is 3.62. The third-order valence-electron chi connectivity index (χ3n) is 4.70. The van der Waals surface area contributed by atoms with E-state index in [1.165, 1.54) is 0 Å². The van der Waals surface area contributed by atoms with Crippen LogP contribution in [0.3, 0.4) is 0 Å².